The van der Waals surface area contributed by atoms with Crippen LogP contribution in [0.4, 0.5) is 5.69 Å². The molecule has 0 amide bonds. The Morgan fingerprint density at radius 1 is 0.840 bits per heavy atom. The van der Waals surface area contributed by atoms with Crippen molar-refractivity contribution in [2.24, 2.45) is 10.7 Å². The zero-order chi connectivity index (χ0) is 17.1. The molecule has 0 aliphatic heterocycles. The number of H-pyrrole nitrogens is 1. The Bertz CT molecular complexity index is 1020. The molecule has 122 valence electrons. The molecule has 0 aliphatic rings. The van der Waals surface area contributed by atoms with E-state index >= 15 is 0 Å². The van der Waals surface area contributed by atoms with Crippen LogP contribution in [0.1, 0.15) is 0 Å². The summed E-state index contributed by atoms with van der Waals surface area (Å²) >= 11 is 1.47. The number of hydrogen-bond acceptors (Lipinski definition) is 2. The van der Waals surface area contributed by atoms with E-state index in [4.69, 9.17) is 5.73 Å². The van der Waals surface area contributed by atoms with Gasteiger partial charge in [-0.3, -0.25) is 0 Å². The van der Waals surface area contributed by atoms with Gasteiger partial charge in [0.05, 0.1) is 5.69 Å². The number of amidine groups is 1. The minimum atomic E-state index is 0.535. The van der Waals surface area contributed by atoms with Crippen molar-refractivity contribution in [1.82, 2.24) is 4.98 Å². The van der Waals surface area contributed by atoms with E-state index in [0.29, 0.717) is 5.17 Å². The summed E-state index contributed by atoms with van der Waals surface area (Å²) in [6, 6.07) is 26.7. The average Bonchev–Trinajstić information content (AvgIpc) is 3.11. The smallest absolute Gasteiger partial charge is 0.164 e. The first-order valence-corrected chi connectivity index (χ1v) is 8.84. The second kappa shape index (κ2) is 6.87. The molecule has 0 bridgehead atoms. The van der Waals surface area contributed by atoms with Crippen molar-refractivity contribution >= 4 is 33.5 Å². The Hall–Kier alpha value is -2.98. The number of hydrogen-bond donors (Lipinski definition) is 2. The number of fused-ring (bicyclic) bond motifs is 1. The lowest BCUT2D eigenvalue weighted by Crippen LogP contribution is -2.05. The van der Waals surface area contributed by atoms with E-state index in [2.05, 4.69) is 58.5 Å². The third-order valence-corrected chi connectivity index (χ3v) is 4.77. The summed E-state index contributed by atoms with van der Waals surface area (Å²) in [5.41, 5.74) is 10.5. The summed E-state index contributed by atoms with van der Waals surface area (Å²) in [5.74, 6) is 0. The van der Waals surface area contributed by atoms with Gasteiger partial charge in [0.15, 0.2) is 5.17 Å². The van der Waals surface area contributed by atoms with Crippen molar-refractivity contribution in [2.75, 3.05) is 0 Å². The van der Waals surface area contributed by atoms with Crippen molar-refractivity contribution in [3.8, 4) is 11.1 Å². The molecule has 1 aromatic heterocycles. The fourth-order valence-electron chi connectivity index (χ4n) is 2.72. The van der Waals surface area contributed by atoms with Gasteiger partial charge < -0.3 is 10.7 Å². The highest BCUT2D eigenvalue weighted by atomic mass is 32.2. The van der Waals surface area contributed by atoms with Gasteiger partial charge in [0.25, 0.3) is 0 Å². The fourth-order valence-corrected chi connectivity index (χ4v) is 3.39. The summed E-state index contributed by atoms with van der Waals surface area (Å²) in [7, 11) is 0. The third-order valence-electron chi connectivity index (χ3n) is 3.96. The molecule has 0 saturated heterocycles. The number of benzene rings is 3. The van der Waals surface area contributed by atoms with Gasteiger partial charge in [0.1, 0.15) is 0 Å². The quantitative estimate of drug-likeness (QED) is 0.290. The van der Waals surface area contributed by atoms with E-state index in [9.17, 15) is 0 Å². The van der Waals surface area contributed by atoms with Crippen LogP contribution in [-0.2, 0) is 0 Å². The van der Waals surface area contributed by atoms with Crippen LogP contribution in [0, 0.1) is 0 Å². The molecule has 4 heteroatoms. The molecule has 0 fully saturated rings. The largest absolute Gasteiger partial charge is 0.378 e. The molecule has 3 N–H and O–H groups in total. The molecule has 4 rings (SSSR count). The number of nitrogens with zero attached hydrogens (tertiary/aromatic N) is 1. The van der Waals surface area contributed by atoms with Crippen LogP contribution in [0.25, 0.3) is 22.0 Å². The number of rotatable bonds is 3. The average molecular weight is 343 g/mol. The van der Waals surface area contributed by atoms with Gasteiger partial charge in [-0.2, -0.15) is 0 Å². The van der Waals surface area contributed by atoms with Gasteiger partial charge in [0, 0.05) is 16.6 Å². The number of aliphatic imine (C=N–C) groups is 1. The first-order chi connectivity index (χ1) is 12.3. The Labute approximate surface area is 150 Å². The predicted octanol–water partition coefficient (Wildman–Crippen LogP) is 5.57. The minimum absolute atomic E-state index is 0.535. The topological polar surface area (TPSA) is 54.2 Å². The molecule has 1 heterocycles. The van der Waals surface area contributed by atoms with E-state index in [0.717, 1.165) is 16.1 Å². The second-order valence-corrected chi connectivity index (χ2v) is 6.79. The first-order valence-electron chi connectivity index (χ1n) is 8.02. The van der Waals surface area contributed by atoms with Crippen LogP contribution in [-0.4, -0.2) is 10.2 Å². The molecule has 0 radical (unpaired) electrons. The van der Waals surface area contributed by atoms with E-state index in [1.165, 1.54) is 28.3 Å². The zero-order valence-electron chi connectivity index (χ0n) is 13.5. The lowest BCUT2D eigenvalue weighted by Gasteiger charge is -2.05. The van der Waals surface area contributed by atoms with Gasteiger partial charge >= 0.3 is 0 Å². The Balaban J connectivity index is 1.52. The maximum atomic E-state index is 6.05. The lowest BCUT2D eigenvalue weighted by atomic mass is 10.0. The van der Waals surface area contributed by atoms with Crippen molar-refractivity contribution in [3.63, 3.8) is 0 Å². The van der Waals surface area contributed by atoms with Crippen molar-refractivity contribution in [1.29, 1.82) is 0 Å². The maximum absolute atomic E-state index is 6.05. The summed E-state index contributed by atoms with van der Waals surface area (Å²) in [5, 5.41) is 1.75. The van der Waals surface area contributed by atoms with Crippen molar-refractivity contribution in [2.45, 2.75) is 4.90 Å². The molecule has 4 aromatic rings. The van der Waals surface area contributed by atoms with E-state index in [-0.39, 0.29) is 0 Å². The molecular weight excluding hydrogens is 326 g/mol. The molecule has 0 aliphatic carbocycles. The van der Waals surface area contributed by atoms with Crippen LogP contribution in [0.2, 0.25) is 0 Å². The van der Waals surface area contributed by atoms with E-state index < -0.39 is 0 Å². The van der Waals surface area contributed by atoms with Crippen molar-refractivity contribution < 1.29 is 0 Å². The maximum Gasteiger partial charge on any atom is 0.164 e. The lowest BCUT2D eigenvalue weighted by molar-refractivity contribution is 1.45. The first kappa shape index (κ1) is 15.5. The third kappa shape index (κ3) is 3.59. The van der Waals surface area contributed by atoms with Crippen LogP contribution in [0.5, 0.6) is 0 Å². The Kier molecular flexibility index (Phi) is 4.27. The minimum Gasteiger partial charge on any atom is -0.378 e. The predicted molar refractivity (Wildman–Crippen MR) is 107 cm³/mol. The van der Waals surface area contributed by atoms with Gasteiger partial charge in [-0.1, -0.05) is 48.2 Å². The van der Waals surface area contributed by atoms with Gasteiger partial charge in [-0.15, -0.1) is 0 Å². The number of thioether (sulfide) groups is 1. The highest BCUT2D eigenvalue weighted by Gasteiger charge is 2.03. The van der Waals surface area contributed by atoms with Gasteiger partial charge in [-0.05, 0) is 59.0 Å². The molecule has 25 heavy (non-hydrogen) atoms. The number of nitrogens with one attached hydrogen (secondary N) is 1. The van der Waals surface area contributed by atoms with E-state index in [1.54, 1.807) is 0 Å². The summed E-state index contributed by atoms with van der Waals surface area (Å²) in [6.07, 6.45) is 1.96. The highest BCUT2D eigenvalue weighted by Crippen LogP contribution is 2.27. The SMILES string of the molecule is NC(=Nc1ccccc1)Sc1ccc(-c2ccc3[nH]ccc3c2)cc1. The number of aromatic amines is 1. The second-order valence-electron chi connectivity index (χ2n) is 5.69. The molecule has 3 aromatic carbocycles. The number of para-hydroxylation sites is 1. The Morgan fingerprint density at radius 3 is 2.40 bits per heavy atom. The number of aromatic nitrogens is 1. The normalized spacial score (nSPS) is 11.8. The summed E-state index contributed by atoms with van der Waals surface area (Å²) in [6.45, 7) is 0. The zero-order valence-corrected chi connectivity index (χ0v) is 14.3. The van der Waals surface area contributed by atoms with Crippen LogP contribution < -0.4 is 5.73 Å². The van der Waals surface area contributed by atoms with Gasteiger partial charge in [-0.25, -0.2) is 4.99 Å². The summed E-state index contributed by atoms with van der Waals surface area (Å²) < 4.78 is 0. The Morgan fingerprint density at radius 2 is 1.60 bits per heavy atom. The van der Waals surface area contributed by atoms with Crippen LogP contribution >= 0.6 is 11.8 Å². The molecule has 0 unspecified atom stereocenters. The van der Waals surface area contributed by atoms with Crippen molar-refractivity contribution in [3.05, 3.63) is 85.1 Å². The van der Waals surface area contributed by atoms with Gasteiger partial charge in [0.2, 0.25) is 0 Å². The van der Waals surface area contributed by atoms with E-state index in [1.807, 2.05) is 36.5 Å². The monoisotopic (exact) mass is 343 g/mol. The standard InChI is InChI=1S/C21H17N3S/c22-21(24-18-4-2-1-3-5-18)25-19-9-6-15(7-10-19)16-8-11-20-17(14-16)12-13-23-20/h1-14,23H,(H2,22,24). The molecule has 3 nitrogen and oxygen atoms in total. The number of nitrogens with two attached hydrogens (primary N) is 1. The molecular formula is C21H17N3S. The van der Waals surface area contributed by atoms with Crippen LogP contribution in [0.15, 0.2) is 94.9 Å². The molecule has 0 saturated carbocycles. The summed E-state index contributed by atoms with van der Waals surface area (Å²) in [4.78, 5) is 8.71. The highest BCUT2D eigenvalue weighted by molar-refractivity contribution is 8.13. The fraction of sp³-hybridized carbons (Fsp3) is 0. The molecule has 0 spiro atoms. The molecule has 0 atom stereocenters. The van der Waals surface area contributed by atoms with Crippen LogP contribution in [0.3, 0.4) is 0 Å².